The van der Waals surface area contributed by atoms with Crippen molar-refractivity contribution < 1.29 is 9.18 Å². The topological polar surface area (TPSA) is 66.9 Å². The summed E-state index contributed by atoms with van der Waals surface area (Å²) in [5, 5.41) is 14.0. The first-order chi connectivity index (χ1) is 9.60. The second-order valence-electron chi connectivity index (χ2n) is 4.28. The van der Waals surface area contributed by atoms with Gasteiger partial charge in [0.2, 0.25) is 10.1 Å². The number of hydrogen-bond donors (Lipinski definition) is 2. The Morgan fingerprint density at radius 3 is 2.90 bits per heavy atom. The minimum atomic E-state index is -0.466. The van der Waals surface area contributed by atoms with Gasteiger partial charge in [0.15, 0.2) is 0 Å². The SMILES string of the molecule is CCCNc1nnc(C(=O)Nc2ccc(C)cc2F)s1. The Hall–Kier alpha value is -2.02. The Morgan fingerprint density at radius 2 is 2.20 bits per heavy atom. The molecule has 0 aliphatic rings. The zero-order valence-corrected chi connectivity index (χ0v) is 12.1. The van der Waals surface area contributed by atoms with E-state index in [2.05, 4.69) is 20.8 Å². The van der Waals surface area contributed by atoms with Crippen molar-refractivity contribution in [1.29, 1.82) is 0 Å². The van der Waals surface area contributed by atoms with E-state index in [9.17, 15) is 9.18 Å². The van der Waals surface area contributed by atoms with Crippen LogP contribution in [0, 0.1) is 12.7 Å². The highest BCUT2D eigenvalue weighted by Crippen LogP contribution is 2.19. The molecule has 0 radical (unpaired) electrons. The highest BCUT2D eigenvalue weighted by molar-refractivity contribution is 7.17. The fraction of sp³-hybridized carbons (Fsp3) is 0.308. The lowest BCUT2D eigenvalue weighted by molar-refractivity contribution is 0.102. The molecule has 0 saturated carbocycles. The van der Waals surface area contributed by atoms with E-state index in [1.54, 1.807) is 13.0 Å². The largest absolute Gasteiger partial charge is 0.360 e. The second-order valence-corrected chi connectivity index (χ2v) is 5.25. The van der Waals surface area contributed by atoms with Gasteiger partial charge in [-0.2, -0.15) is 0 Å². The molecule has 20 heavy (non-hydrogen) atoms. The third-order valence-corrected chi connectivity index (χ3v) is 3.40. The van der Waals surface area contributed by atoms with E-state index in [-0.39, 0.29) is 10.7 Å². The van der Waals surface area contributed by atoms with Crippen LogP contribution in [-0.4, -0.2) is 22.6 Å². The first kappa shape index (κ1) is 14.4. The molecule has 0 aliphatic heterocycles. The molecule has 1 aromatic heterocycles. The van der Waals surface area contributed by atoms with Crippen LogP contribution in [0.2, 0.25) is 0 Å². The molecule has 0 unspecified atom stereocenters. The van der Waals surface area contributed by atoms with E-state index in [1.165, 1.54) is 12.1 Å². The van der Waals surface area contributed by atoms with Crippen LogP contribution in [0.1, 0.15) is 28.7 Å². The number of carbonyl (C=O) groups is 1. The van der Waals surface area contributed by atoms with Gasteiger partial charge < -0.3 is 10.6 Å². The summed E-state index contributed by atoms with van der Waals surface area (Å²) in [6.07, 6.45) is 0.954. The molecule has 1 aromatic carbocycles. The maximum Gasteiger partial charge on any atom is 0.286 e. The zero-order chi connectivity index (χ0) is 14.5. The van der Waals surface area contributed by atoms with E-state index in [4.69, 9.17) is 0 Å². The number of halogens is 1. The van der Waals surface area contributed by atoms with Gasteiger partial charge in [0, 0.05) is 6.54 Å². The predicted octanol–water partition coefficient (Wildman–Crippen LogP) is 3.06. The van der Waals surface area contributed by atoms with Gasteiger partial charge in [-0.05, 0) is 31.0 Å². The average molecular weight is 294 g/mol. The van der Waals surface area contributed by atoms with E-state index in [0.29, 0.717) is 5.13 Å². The van der Waals surface area contributed by atoms with Crippen LogP contribution in [0.3, 0.4) is 0 Å². The van der Waals surface area contributed by atoms with Crippen LogP contribution in [0.25, 0.3) is 0 Å². The van der Waals surface area contributed by atoms with Crippen molar-refractivity contribution in [3.8, 4) is 0 Å². The second kappa shape index (κ2) is 6.42. The maximum absolute atomic E-state index is 13.6. The Balaban J connectivity index is 2.06. The summed E-state index contributed by atoms with van der Waals surface area (Å²) in [6.45, 7) is 4.58. The van der Waals surface area contributed by atoms with Gasteiger partial charge in [-0.25, -0.2) is 4.39 Å². The number of rotatable bonds is 5. The summed E-state index contributed by atoms with van der Waals surface area (Å²) in [5.41, 5.74) is 0.932. The van der Waals surface area contributed by atoms with Gasteiger partial charge in [0.25, 0.3) is 5.91 Å². The molecule has 2 aromatic rings. The Kier molecular flexibility index (Phi) is 4.62. The molecule has 0 atom stereocenters. The minimum Gasteiger partial charge on any atom is -0.360 e. The quantitative estimate of drug-likeness (QED) is 0.889. The average Bonchev–Trinajstić information content (AvgIpc) is 2.88. The number of amides is 1. The Labute approximate surface area is 120 Å². The molecule has 0 spiro atoms. The number of aryl methyl sites for hydroxylation is 1. The first-order valence-electron chi connectivity index (χ1n) is 6.25. The molecule has 7 heteroatoms. The molecule has 1 amide bonds. The van der Waals surface area contributed by atoms with Crippen LogP contribution < -0.4 is 10.6 Å². The highest BCUT2D eigenvalue weighted by atomic mass is 32.1. The van der Waals surface area contributed by atoms with Gasteiger partial charge in [-0.3, -0.25) is 4.79 Å². The summed E-state index contributed by atoms with van der Waals surface area (Å²) in [4.78, 5) is 11.9. The van der Waals surface area contributed by atoms with Gasteiger partial charge in [-0.1, -0.05) is 24.3 Å². The molecule has 2 rings (SSSR count). The van der Waals surface area contributed by atoms with Crippen LogP contribution >= 0.6 is 11.3 Å². The number of anilines is 2. The molecule has 0 aliphatic carbocycles. The lowest BCUT2D eigenvalue weighted by Crippen LogP contribution is -2.12. The van der Waals surface area contributed by atoms with Crippen molar-refractivity contribution in [1.82, 2.24) is 10.2 Å². The molecular formula is C13H15FN4OS. The lowest BCUT2D eigenvalue weighted by Gasteiger charge is -2.04. The number of nitrogens with one attached hydrogen (secondary N) is 2. The van der Waals surface area contributed by atoms with Crippen molar-refractivity contribution in [2.45, 2.75) is 20.3 Å². The van der Waals surface area contributed by atoms with E-state index >= 15 is 0 Å². The summed E-state index contributed by atoms with van der Waals surface area (Å²) in [6, 6.07) is 4.62. The lowest BCUT2D eigenvalue weighted by atomic mass is 10.2. The first-order valence-corrected chi connectivity index (χ1v) is 7.06. The van der Waals surface area contributed by atoms with Gasteiger partial charge in [-0.15, -0.1) is 10.2 Å². The number of benzene rings is 1. The monoisotopic (exact) mass is 294 g/mol. The van der Waals surface area contributed by atoms with Gasteiger partial charge in [0.1, 0.15) is 5.82 Å². The summed E-state index contributed by atoms with van der Waals surface area (Å²) >= 11 is 1.14. The van der Waals surface area contributed by atoms with Crippen LogP contribution in [0.4, 0.5) is 15.2 Å². The fourth-order valence-corrected chi connectivity index (χ4v) is 2.18. The zero-order valence-electron chi connectivity index (χ0n) is 11.2. The maximum atomic E-state index is 13.6. The molecule has 1 heterocycles. The van der Waals surface area contributed by atoms with Crippen molar-refractivity contribution >= 4 is 28.1 Å². The Bertz CT molecular complexity index is 614. The molecule has 0 bridgehead atoms. The fourth-order valence-electron chi connectivity index (χ4n) is 1.52. The molecular weight excluding hydrogens is 279 g/mol. The summed E-state index contributed by atoms with van der Waals surface area (Å²) in [7, 11) is 0. The molecule has 5 nitrogen and oxygen atoms in total. The standard InChI is InChI=1S/C13H15FN4OS/c1-3-6-15-13-18-17-12(20-13)11(19)16-10-5-4-8(2)7-9(10)14/h4-5,7H,3,6H2,1-2H3,(H,15,18)(H,16,19). The van der Waals surface area contributed by atoms with Gasteiger partial charge >= 0.3 is 0 Å². The minimum absolute atomic E-state index is 0.138. The Morgan fingerprint density at radius 1 is 1.40 bits per heavy atom. The van der Waals surface area contributed by atoms with Crippen molar-refractivity contribution in [3.05, 3.63) is 34.6 Å². The number of nitrogens with zero attached hydrogens (tertiary/aromatic N) is 2. The molecule has 0 saturated heterocycles. The number of hydrogen-bond acceptors (Lipinski definition) is 5. The van der Waals surface area contributed by atoms with Crippen molar-refractivity contribution in [3.63, 3.8) is 0 Å². The van der Waals surface area contributed by atoms with E-state index in [0.717, 1.165) is 29.9 Å². The molecule has 106 valence electrons. The van der Waals surface area contributed by atoms with Crippen LogP contribution in [0.15, 0.2) is 18.2 Å². The third kappa shape index (κ3) is 3.51. The van der Waals surface area contributed by atoms with Crippen molar-refractivity contribution in [2.24, 2.45) is 0 Å². The number of aromatic nitrogens is 2. The number of carbonyl (C=O) groups excluding carboxylic acids is 1. The highest BCUT2D eigenvalue weighted by Gasteiger charge is 2.14. The summed E-state index contributed by atoms with van der Waals surface area (Å²) in [5.74, 6) is -0.929. The summed E-state index contributed by atoms with van der Waals surface area (Å²) < 4.78 is 13.6. The van der Waals surface area contributed by atoms with Crippen LogP contribution in [-0.2, 0) is 0 Å². The smallest absolute Gasteiger partial charge is 0.286 e. The van der Waals surface area contributed by atoms with E-state index in [1.807, 2.05) is 6.92 Å². The van der Waals surface area contributed by atoms with Gasteiger partial charge in [0.05, 0.1) is 5.69 Å². The molecule has 2 N–H and O–H groups in total. The van der Waals surface area contributed by atoms with E-state index < -0.39 is 11.7 Å². The van der Waals surface area contributed by atoms with Crippen LogP contribution in [0.5, 0.6) is 0 Å². The third-order valence-electron chi connectivity index (χ3n) is 2.52. The normalized spacial score (nSPS) is 10.3. The van der Waals surface area contributed by atoms with Crippen molar-refractivity contribution in [2.75, 3.05) is 17.2 Å². The molecule has 0 fully saturated rings. The predicted molar refractivity (Wildman–Crippen MR) is 77.8 cm³/mol.